The quantitative estimate of drug-likeness (QED) is 0.754. The van der Waals surface area contributed by atoms with Crippen molar-refractivity contribution in [1.82, 2.24) is 9.97 Å². The molecule has 0 fully saturated rings. The minimum atomic E-state index is -1.55. The van der Waals surface area contributed by atoms with Gasteiger partial charge in [-0.25, -0.2) is 18.2 Å². The third-order valence-corrected chi connectivity index (χ3v) is 1.96. The average molecular weight is 226 g/mol. The lowest BCUT2D eigenvalue weighted by Gasteiger charge is -2.01. The van der Waals surface area contributed by atoms with E-state index >= 15 is 0 Å². The topological polar surface area (TPSA) is 45.8 Å². The SMILES string of the molecule is O=c1cc(-c2cc(F)c(F)c(F)c2)nc[nH]1. The van der Waals surface area contributed by atoms with E-state index in [0.717, 1.165) is 24.5 Å². The monoisotopic (exact) mass is 226 g/mol. The van der Waals surface area contributed by atoms with Crippen LogP contribution in [0.25, 0.3) is 11.3 Å². The van der Waals surface area contributed by atoms with E-state index in [4.69, 9.17) is 0 Å². The molecule has 2 rings (SSSR count). The Morgan fingerprint density at radius 1 is 1.06 bits per heavy atom. The summed E-state index contributed by atoms with van der Waals surface area (Å²) in [6, 6.07) is 2.62. The predicted octanol–water partition coefficient (Wildman–Crippen LogP) is 1.85. The van der Waals surface area contributed by atoms with Crippen LogP contribution >= 0.6 is 0 Å². The second-order valence-electron chi connectivity index (χ2n) is 3.05. The van der Waals surface area contributed by atoms with E-state index in [-0.39, 0.29) is 11.3 Å². The molecule has 6 heteroatoms. The van der Waals surface area contributed by atoms with Crippen LogP contribution in [0, 0.1) is 17.5 Å². The van der Waals surface area contributed by atoms with Crippen LogP contribution in [0.1, 0.15) is 0 Å². The molecule has 1 heterocycles. The number of hydrogen-bond acceptors (Lipinski definition) is 2. The molecule has 0 aliphatic heterocycles. The number of halogens is 3. The molecule has 82 valence electrons. The van der Waals surface area contributed by atoms with Crippen LogP contribution in [-0.2, 0) is 0 Å². The molecule has 0 aliphatic carbocycles. The number of aromatic nitrogens is 2. The fourth-order valence-electron chi connectivity index (χ4n) is 1.23. The van der Waals surface area contributed by atoms with Crippen LogP contribution in [-0.4, -0.2) is 9.97 Å². The van der Waals surface area contributed by atoms with Crippen molar-refractivity contribution in [3.05, 3.63) is 52.3 Å². The van der Waals surface area contributed by atoms with Crippen molar-refractivity contribution in [1.29, 1.82) is 0 Å². The number of aromatic amines is 1. The summed E-state index contributed by atoms with van der Waals surface area (Å²) in [5.74, 6) is -4.19. The van der Waals surface area contributed by atoms with Crippen molar-refractivity contribution in [2.24, 2.45) is 0 Å². The van der Waals surface area contributed by atoms with Gasteiger partial charge in [-0.1, -0.05) is 0 Å². The number of rotatable bonds is 1. The van der Waals surface area contributed by atoms with E-state index in [2.05, 4.69) is 9.97 Å². The van der Waals surface area contributed by atoms with Gasteiger partial charge in [-0.05, 0) is 12.1 Å². The molecule has 16 heavy (non-hydrogen) atoms. The summed E-state index contributed by atoms with van der Waals surface area (Å²) in [5.41, 5.74) is -0.390. The van der Waals surface area contributed by atoms with Crippen LogP contribution in [0.4, 0.5) is 13.2 Å². The first-order valence-corrected chi connectivity index (χ1v) is 4.27. The third-order valence-electron chi connectivity index (χ3n) is 1.96. The Bertz CT molecular complexity index is 572. The Morgan fingerprint density at radius 3 is 2.25 bits per heavy atom. The van der Waals surface area contributed by atoms with Gasteiger partial charge in [-0.15, -0.1) is 0 Å². The minimum Gasteiger partial charge on any atom is -0.313 e. The molecule has 0 unspecified atom stereocenters. The molecule has 0 amide bonds. The van der Waals surface area contributed by atoms with Crippen molar-refractivity contribution in [3.8, 4) is 11.3 Å². The lowest BCUT2D eigenvalue weighted by atomic mass is 10.1. The van der Waals surface area contributed by atoms with Gasteiger partial charge in [0.15, 0.2) is 17.5 Å². The largest absolute Gasteiger partial charge is 0.313 e. The van der Waals surface area contributed by atoms with E-state index < -0.39 is 23.0 Å². The molecule has 1 N–H and O–H groups in total. The summed E-state index contributed by atoms with van der Waals surface area (Å²) in [6.45, 7) is 0. The summed E-state index contributed by atoms with van der Waals surface area (Å²) in [6.07, 6.45) is 1.09. The van der Waals surface area contributed by atoms with Gasteiger partial charge in [0.05, 0.1) is 12.0 Å². The van der Waals surface area contributed by atoms with Crippen molar-refractivity contribution in [2.75, 3.05) is 0 Å². The van der Waals surface area contributed by atoms with E-state index in [1.54, 1.807) is 0 Å². The van der Waals surface area contributed by atoms with Gasteiger partial charge in [0.2, 0.25) is 0 Å². The van der Waals surface area contributed by atoms with Gasteiger partial charge < -0.3 is 4.98 Å². The molecule has 1 aromatic carbocycles. The van der Waals surface area contributed by atoms with Crippen molar-refractivity contribution >= 4 is 0 Å². The summed E-state index contributed by atoms with van der Waals surface area (Å²) >= 11 is 0. The van der Waals surface area contributed by atoms with E-state index in [9.17, 15) is 18.0 Å². The maximum atomic E-state index is 12.9. The van der Waals surface area contributed by atoms with Crippen molar-refractivity contribution < 1.29 is 13.2 Å². The number of nitrogens with zero attached hydrogens (tertiary/aromatic N) is 1. The average Bonchev–Trinajstić information content (AvgIpc) is 2.25. The number of hydrogen-bond donors (Lipinski definition) is 1. The summed E-state index contributed by atoms with van der Waals surface area (Å²) in [4.78, 5) is 16.9. The molecular weight excluding hydrogens is 221 g/mol. The summed E-state index contributed by atoms with van der Waals surface area (Å²) in [5, 5.41) is 0. The smallest absolute Gasteiger partial charge is 0.251 e. The Balaban J connectivity index is 2.61. The van der Waals surface area contributed by atoms with Crippen molar-refractivity contribution in [3.63, 3.8) is 0 Å². The number of H-pyrrole nitrogens is 1. The van der Waals surface area contributed by atoms with Gasteiger partial charge in [0.25, 0.3) is 5.56 Å². The summed E-state index contributed by atoms with van der Waals surface area (Å²) < 4.78 is 38.5. The normalized spacial score (nSPS) is 10.4. The second kappa shape index (κ2) is 3.80. The third kappa shape index (κ3) is 1.81. The molecule has 0 spiro atoms. The van der Waals surface area contributed by atoms with Crippen LogP contribution in [0.2, 0.25) is 0 Å². The first-order valence-electron chi connectivity index (χ1n) is 4.27. The van der Waals surface area contributed by atoms with Crippen LogP contribution < -0.4 is 5.56 Å². The number of benzene rings is 1. The van der Waals surface area contributed by atoms with Crippen LogP contribution in [0.5, 0.6) is 0 Å². The van der Waals surface area contributed by atoms with Gasteiger partial charge >= 0.3 is 0 Å². The maximum Gasteiger partial charge on any atom is 0.251 e. The fraction of sp³-hybridized carbons (Fsp3) is 0. The Hall–Kier alpha value is -2.11. The first-order chi connectivity index (χ1) is 7.58. The predicted molar refractivity (Wildman–Crippen MR) is 50.2 cm³/mol. The van der Waals surface area contributed by atoms with Crippen LogP contribution in [0.15, 0.2) is 29.3 Å². The Kier molecular flexibility index (Phi) is 2.47. The first kappa shape index (κ1) is 10.4. The molecule has 0 saturated heterocycles. The van der Waals surface area contributed by atoms with E-state index in [0.29, 0.717) is 0 Å². The highest BCUT2D eigenvalue weighted by Gasteiger charge is 2.12. The minimum absolute atomic E-state index is 0.00231. The standard InChI is InChI=1S/C10H5F3N2O/c11-6-1-5(2-7(12)10(6)13)8-3-9(16)15-4-14-8/h1-4H,(H,14,15,16). The van der Waals surface area contributed by atoms with Crippen LogP contribution in [0.3, 0.4) is 0 Å². The molecule has 0 aliphatic rings. The van der Waals surface area contributed by atoms with Gasteiger partial charge in [0, 0.05) is 11.6 Å². The van der Waals surface area contributed by atoms with E-state index in [1.165, 1.54) is 0 Å². The fourth-order valence-corrected chi connectivity index (χ4v) is 1.23. The van der Waals surface area contributed by atoms with Gasteiger partial charge in [-0.3, -0.25) is 4.79 Å². The van der Waals surface area contributed by atoms with Gasteiger partial charge in [0.1, 0.15) is 0 Å². The molecule has 3 nitrogen and oxygen atoms in total. The van der Waals surface area contributed by atoms with E-state index in [1.807, 2.05) is 0 Å². The summed E-state index contributed by atoms with van der Waals surface area (Å²) in [7, 11) is 0. The molecule has 0 radical (unpaired) electrons. The zero-order chi connectivity index (χ0) is 11.7. The van der Waals surface area contributed by atoms with Crippen molar-refractivity contribution in [2.45, 2.75) is 0 Å². The molecule has 0 saturated carbocycles. The molecule has 1 aromatic heterocycles. The highest BCUT2D eigenvalue weighted by atomic mass is 19.2. The lowest BCUT2D eigenvalue weighted by Crippen LogP contribution is -2.05. The molecular formula is C10H5F3N2O. The Morgan fingerprint density at radius 2 is 1.69 bits per heavy atom. The van der Waals surface area contributed by atoms with Gasteiger partial charge in [-0.2, -0.15) is 0 Å². The highest BCUT2D eigenvalue weighted by molar-refractivity contribution is 5.58. The molecule has 2 aromatic rings. The highest BCUT2D eigenvalue weighted by Crippen LogP contribution is 2.20. The number of nitrogens with one attached hydrogen (secondary N) is 1. The zero-order valence-electron chi connectivity index (χ0n) is 7.80. The second-order valence-corrected chi connectivity index (χ2v) is 3.05. The Labute approximate surface area is 87.6 Å². The molecule has 0 bridgehead atoms. The lowest BCUT2D eigenvalue weighted by molar-refractivity contribution is 0.447. The molecule has 0 atom stereocenters. The maximum absolute atomic E-state index is 12.9. The zero-order valence-corrected chi connectivity index (χ0v) is 7.80.